The number of sulfone groups is 1. The second kappa shape index (κ2) is 6.09. The van der Waals surface area contributed by atoms with E-state index in [9.17, 15) is 21.6 Å². The van der Waals surface area contributed by atoms with Gasteiger partial charge in [0, 0.05) is 0 Å². The van der Waals surface area contributed by atoms with Crippen molar-refractivity contribution in [1.82, 2.24) is 0 Å². The average Bonchev–Trinajstić information content (AvgIpc) is 2.91. The highest BCUT2D eigenvalue weighted by molar-refractivity contribution is 7.92. The van der Waals surface area contributed by atoms with Crippen LogP contribution in [0.1, 0.15) is 44.1 Å². The molecule has 2 atom stereocenters. The summed E-state index contributed by atoms with van der Waals surface area (Å²) in [6, 6.07) is 4.42. The van der Waals surface area contributed by atoms with Gasteiger partial charge in [0.2, 0.25) is 0 Å². The molecule has 0 heterocycles. The third-order valence-electron chi connectivity index (χ3n) is 4.71. The van der Waals surface area contributed by atoms with Gasteiger partial charge >= 0.3 is 6.18 Å². The third kappa shape index (κ3) is 3.40. The number of alkyl halides is 3. The lowest BCUT2D eigenvalue weighted by Crippen LogP contribution is -2.28. The summed E-state index contributed by atoms with van der Waals surface area (Å²) in [6.45, 7) is 0. The molecule has 0 aromatic heterocycles. The Morgan fingerprint density at radius 3 is 2.30 bits per heavy atom. The molecule has 1 aromatic carbocycles. The van der Waals surface area contributed by atoms with Gasteiger partial charge in [0.1, 0.15) is 0 Å². The first kappa shape index (κ1) is 16.8. The molecular weight excluding hydrogens is 329 g/mol. The van der Waals surface area contributed by atoms with Crippen molar-refractivity contribution in [1.29, 1.82) is 0 Å². The van der Waals surface area contributed by atoms with Crippen LogP contribution in [0.25, 0.3) is 0 Å². The highest BCUT2D eigenvalue weighted by Gasteiger charge is 2.42. The van der Waals surface area contributed by atoms with Crippen molar-refractivity contribution in [3.8, 4) is 0 Å². The van der Waals surface area contributed by atoms with Gasteiger partial charge in [-0.1, -0.05) is 12.1 Å². The highest BCUT2D eigenvalue weighted by atomic mass is 32.2. The molecule has 2 saturated carbocycles. The van der Waals surface area contributed by atoms with Crippen LogP contribution >= 0.6 is 0 Å². The van der Waals surface area contributed by atoms with Gasteiger partial charge in [-0.25, -0.2) is 8.42 Å². The molecular formula is C16H19F3O3S. The van der Waals surface area contributed by atoms with Gasteiger partial charge in [-0.3, -0.25) is 0 Å². The Bertz CT molecular complexity index is 665. The van der Waals surface area contributed by atoms with Crippen LogP contribution in [-0.2, 0) is 20.8 Å². The van der Waals surface area contributed by atoms with Gasteiger partial charge in [-0.15, -0.1) is 0 Å². The fourth-order valence-corrected chi connectivity index (χ4v) is 5.25. The van der Waals surface area contributed by atoms with Gasteiger partial charge < -0.3 is 4.74 Å². The summed E-state index contributed by atoms with van der Waals surface area (Å²) in [5, 5.41) is -0.795. The minimum absolute atomic E-state index is 0.155. The summed E-state index contributed by atoms with van der Waals surface area (Å²) in [5.74, 6) is 0. The van der Waals surface area contributed by atoms with Crippen LogP contribution in [-0.4, -0.2) is 25.9 Å². The molecule has 3 rings (SSSR count). The standard InChI is InChI=1S/C16H19F3O3S/c17-16(18,19)14-6-1-2-7-15(14)23(20,21)13-9-8-12(10-13)22-11-4-3-5-11/h1-2,6-7,11-13H,3-5,8-10H2. The SMILES string of the molecule is O=S(=O)(c1ccccc1C(F)(F)F)C1CCC(OC2CCC2)C1. The molecule has 2 fully saturated rings. The van der Waals surface area contributed by atoms with E-state index in [1.54, 1.807) is 0 Å². The van der Waals surface area contributed by atoms with Crippen LogP contribution in [0.4, 0.5) is 13.2 Å². The van der Waals surface area contributed by atoms with Gasteiger partial charge in [-0.2, -0.15) is 13.2 Å². The van der Waals surface area contributed by atoms with E-state index < -0.39 is 31.7 Å². The highest BCUT2D eigenvalue weighted by Crippen LogP contribution is 2.39. The van der Waals surface area contributed by atoms with Crippen LogP contribution in [0.5, 0.6) is 0 Å². The number of benzene rings is 1. The quantitative estimate of drug-likeness (QED) is 0.827. The van der Waals surface area contributed by atoms with E-state index in [0.717, 1.165) is 31.4 Å². The molecule has 0 aliphatic heterocycles. The lowest BCUT2D eigenvalue weighted by Gasteiger charge is -2.28. The Balaban J connectivity index is 1.80. The first-order chi connectivity index (χ1) is 10.8. The molecule has 0 saturated heterocycles. The van der Waals surface area contributed by atoms with Crippen molar-refractivity contribution in [2.45, 2.75) is 67.1 Å². The zero-order valence-electron chi connectivity index (χ0n) is 12.6. The maximum absolute atomic E-state index is 13.1. The second-order valence-corrected chi connectivity index (χ2v) is 8.48. The summed E-state index contributed by atoms with van der Waals surface area (Å²) >= 11 is 0. The molecule has 1 aromatic rings. The summed E-state index contributed by atoms with van der Waals surface area (Å²) in [7, 11) is -4.01. The Labute approximate surface area is 133 Å². The molecule has 0 N–H and O–H groups in total. The predicted octanol–water partition coefficient (Wildman–Crippen LogP) is 3.97. The summed E-state index contributed by atoms with van der Waals surface area (Å²) < 4.78 is 70.4. The molecule has 7 heteroatoms. The van der Waals surface area contributed by atoms with Crippen LogP contribution in [0.3, 0.4) is 0 Å². The maximum atomic E-state index is 13.1. The first-order valence-electron chi connectivity index (χ1n) is 7.84. The van der Waals surface area contributed by atoms with Crippen LogP contribution in [0, 0.1) is 0 Å². The molecule has 128 valence electrons. The number of hydrogen-bond donors (Lipinski definition) is 0. The predicted molar refractivity (Wildman–Crippen MR) is 78.8 cm³/mol. The van der Waals surface area contributed by atoms with E-state index in [0.29, 0.717) is 12.8 Å². The number of hydrogen-bond acceptors (Lipinski definition) is 3. The van der Waals surface area contributed by atoms with Crippen LogP contribution < -0.4 is 0 Å². The Morgan fingerprint density at radius 2 is 1.70 bits per heavy atom. The molecule has 23 heavy (non-hydrogen) atoms. The van der Waals surface area contributed by atoms with Gasteiger partial charge in [0.25, 0.3) is 0 Å². The fourth-order valence-electron chi connectivity index (χ4n) is 3.21. The Morgan fingerprint density at radius 1 is 1.00 bits per heavy atom. The van der Waals surface area contributed by atoms with E-state index in [1.807, 2.05) is 0 Å². The monoisotopic (exact) mass is 348 g/mol. The largest absolute Gasteiger partial charge is 0.417 e. The van der Waals surface area contributed by atoms with Crippen molar-refractivity contribution in [3.63, 3.8) is 0 Å². The maximum Gasteiger partial charge on any atom is 0.417 e. The van der Waals surface area contributed by atoms with Crippen molar-refractivity contribution >= 4 is 9.84 Å². The topological polar surface area (TPSA) is 43.4 Å². The normalized spacial score (nSPS) is 26.2. The van der Waals surface area contributed by atoms with Gasteiger partial charge in [0.15, 0.2) is 9.84 Å². The number of rotatable bonds is 4. The molecule has 2 aliphatic carbocycles. The summed E-state index contributed by atoms with van der Waals surface area (Å²) in [4.78, 5) is -0.609. The first-order valence-corrected chi connectivity index (χ1v) is 9.38. The number of ether oxygens (including phenoxy) is 1. The van der Waals surface area contributed by atoms with Crippen molar-refractivity contribution in [2.75, 3.05) is 0 Å². The molecule has 2 unspecified atom stereocenters. The molecule has 3 nitrogen and oxygen atoms in total. The third-order valence-corrected chi connectivity index (χ3v) is 6.99. The van der Waals surface area contributed by atoms with E-state index in [-0.39, 0.29) is 18.6 Å². The van der Waals surface area contributed by atoms with E-state index in [4.69, 9.17) is 4.74 Å². The van der Waals surface area contributed by atoms with Crippen molar-refractivity contribution < 1.29 is 26.3 Å². The minimum Gasteiger partial charge on any atom is -0.375 e. The summed E-state index contributed by atoms with van der Waals surface area (Å²) in [5.41, 5.74) is -1.08. The lowest BCUT2D eigenvalue weighted by molar-refractivity contribution is -0.139. The van der Waals surface area contributed by atoms with E-state index in [2.05, 4.69) is 0 Å². The molecule has 2 aliphatic rings. The Hall–Kier alpha value is -1.08. The number of halogens is 3. The fraction of sp³-hybridized carbons (Fsp3) is 0.625. The molecule has 0 radical (unpaired) electrons. The van der Waals surface area contributed by atoms with E-state index in [1.165, 1.54) is 12.1 Å². The average molecular weight is 348 g/mol. The van der Waals surface area contributed by atoms with Crippen molar-refractivity contribution in [3.05, 3.63) is 29.8 Å². The van der Waals surface area contributed by atoms with Crippen LogP contribution in [0.2, 0.25) is 0 Å². The summed E-state index contributed by atoms with van der Waals surface area (Å²) in [6.07, 6.45) is -0.300. The Kier molecular flexibility index (Phi) is 4.44. The zero-order chi connectivity index (χ0) is 16.7. The van der Waals surface area contributed by atoms with Crippen LogP contribution in [0.15, 0.2) is 29.2 Å². The second-order valence-electron chi connectivity index (χ2n) is 6.28. The van der Waals surface area contributed by atoms with Crippen molar-refractivity contribution in [2.24, 2.45) is 0 Å². The lowest BCUT2D eigenvalue weighted by atomic mass is 9.96. The van der Waals surface area contributed by atoms with Gasteiger partial charge in [-0.05, 0) is 50.7 Å². The smallest absolute Gasteiger partial charge is 0.375 e. The zero-order valence-corrected chi connectivity index (χ0v) is 13.4. The van der Waals surface area contributed by atoms with E-state index >= 15 is 0 Å². The minimum atomic E-state index is -4.68. The molecule has 0 amide bonds. The molecule has 0 bridgehead atoms. The van der Waals surface area contributed by atoms with Gasteiger partial charge in [0.05, 0.1) is 27.9 Å². The molecule has 0 spiro atoms.